The first-order chi connectivity index (χ1) is 10.3. The molecule has 0 bridgehead atoms. The number of hydrogen-bond donors (Lipinski definition) is 0. The van der Waals surface area contributed by atoms with Crippen LogP contribution in [0.4, 0.5) is 18.9 Å². The van der Waals surface area contributed by atoms with Gasteiger partial charge in [0.2, 0.25) is 0 Å². The predicted molar refractivity (Wildman–Crippen MR) is 73.4 cm³/mol. The third-order valence-corrected chi connectivity index (χ3v) is 3.69. The van der Waals surface area contributed by atoms with E-state index >= 15 is 0 Å². The van der Waals surface area contributed by atoms with Gasteiger partial charge >= 0.3 is 6.18 Å². The Morgan fingerprint density at radius 2 is 1.68 bits per heavy atom. The molecule has 0 aliphatic heterocycles. The van der Waals surface area contributed by atoms with E-state index in [-0.39, 0.29) is 4.90 Å². The molecule has 0 aliphatic rings. The Balaban J connectivity index is 2.36. The molecule has 0 radical (unpaired) electrons. The van der Waals surface area contributed by atoms with Crippen LogP contribution in [0.1, 0.15) is 11.1 Å². The fraction of sp³-hybridized carbons (Fsp3) is 0.0714. The number of hydrogen-bond acceptors (Lipinski definition) is 4. The normalized spacial score (nSPS) is 11.0. The molecule has 8 heteroatoms. The molecular weight excluding hydrogens is 317 g/mol. The van der Waals surface area contributed by atoms with Crippen molar-refractivity contribution in [2.24, 2.45) is 0 Å². The van der Waals surface area contributed by atoms with Crippen molar-refractivity contribution in [1.82, 2.24) is 0 Å². The molecule has 2 aromatic carbocycles. The van der Waals surface area contributed by atoms with Crippen molar-refractivity contribution in [2.45, 2.75) is 16.0 Å². The van der Waals surface area contributed by atoms with Gasteiger partial charge in [-0.1, -0.05) is 11.8 Å². The summed E-state index contributed by atoms with van der Waals surface area (Å²) in [4.78, 5) is 10.5. The third kappa shape index (κ3) is 3.56. The van der Waals surface area contributed by atoms with E-state index in [1.165, 1.54) is 6.07 Å². The summed E-state index contributed by atoms with van der Waals surface area (Å²) in [6.45, 7) is 0. The molecule has 0 spiro atoms. The van der Waals surface area contributed by atoms with Gasteiger partial charge in [0.15, 0.2) is 0 Å². The standard InChI is InChI=1S/C14H7F3N2O2S/c15-14(16,17)12-7-11(5-6-13(12)19(20)21)22-10-3-1-9(8-18)2-4-10/h1-7H. The van der Waals surface area contributed by atoms with Crippen LogP contribution in [0.3, 0.4) is 0 Å². The Bertz CT molecular complexity index is 752. The van der Waals surface area contributed by atoms with E-state index in [4.69, 9.17) is 5.26 Å². The van der Waals surface area contributed by atoms with Gasteiger partial charge in [-0.05, 0) is 36.4 Å². The lowest BCUT2D eigenvalue weighted by atomic mass is 10.2. The van der Waals surface area contributed by atoms with Gasteiger partial charge in [0.05, 0.1) is 16.6 Å². The molecule has 0 N–H and O–H groups in total. The van der Waals surface area contributed by atoms with Crippen molar-refractivity contribution in [3.63, 3.8) is 0 Å². The first-order valence-corrected chi connectivity index (χ1v) is 6.66. The molecule has 4 nitrogen and oxygen atoms in total. The summed E-state index contributed by atoms with van der Waals surface area (Å²) >= 11 is 1.03. The number of rotatable bonds is 3. The molecule has 112 valence electrons. The summed E-state index contributed by atoms with van der Waals surface area (Å²) in [7, 11) is 0. The monoisotopic (exact) mass is 324 g/mol. The van der Waals surface area contributed by atoms with E-state index in [1.54, 1.807) is 24.3 Å². The SMILES string of the molecule is N#Cc1ccc(Sc2ccc([N+](=O)[O-])c(C(F)(F)F)c2)cc1. The van der Waals surface area contributed by atoms with Crippen LogP contribution in [0, 0.1) is 21.4 Å². The zero-order valence-corrected chi connectivity index (χ0v) is 11.6. The van der Waals surface area contributed by atoms with Gasteiger partial charge in [-0.25, -0.2) is 0 Å². The van der Waals surface area contributed by atoms with Crippen molar-refractivity contribution < 1.29 is 18.1 Å². The summed E-state index contributed by atoms with van der Waals surface area (Å²) in [5.41, 5.74) is -1.82. The largest absolute Gasteiger partial charge is 0.423 e. The maximum absolute atomic E-state index is 12.9. The first kappa shape index (κ1) is 15.9. The molecule has 0 saturated carbocycles. The van der Waals surface area contributed by atoms with Gasteiger partial charge in [-0.2, -0.15) is 18.4 Å². The van der Waals surface area contributed by atoms with E-state index in [1.807, 2.05) is 6.07 Å². The van der Waals surface area contributed by atoms with Crippen LogP contribution >= 0.6 is 11.8 Å². The van der Waals surface area contributed by atoms with E-state index in [9.17, 15) is 23.3 Å². The predicted octanol–water partition coefficient (Wildman–Crippen LogP) is 4.64. The van der Waals surface area contributed by atoms with Crippen molar-refractivity contribution in [1.29, 1.82) is 5.26 Å². The Morgan fingerprint density at radius 3 is 2.18 bits per heavy atom. The number of benzene rings is 2. The van der Waals surface area contributed by atoms with E-state index in [0.29, 0.717) is 10.5 Å². The minimum Gasteiger partial charge on any atom is -0.258 e. The lowest BCUT2D eigenvalue weighted by Gasteiger charge is -2.09. The van der Waals surface area contributed by atoms with Crippen molar-refractivity contribution in [3.8, 4) is 6.07 Å². The molecule has 0 amide bonds. The topological polar surface area (TPSA) is 66.9 Å². The minimum absolute atomic E-state index is 0.225. The second-order valence-electron chi connectivity index (χ2n) is 4.17. The fourth-order valence-electron chi connectivity index (χ4n) is 1.70. The minimum atomic E-state index is -4.80. The molecule has 0 fully saturated rings. The van der Waals surface area contributed by atoms with E-state index in [2.05, 4.69) is 0 Å². The van der Waals surface area contributed by atoms with E-state index in [0.717, 1.165) is 23.9 Å². The van der Waals surface area contributed by atoms with Gasteiger partial charge in [0.25, 0.3) is 5.69 Å². The van der Waals surface area contributed by atoms with Crippen LogP contribution in [-0.2, 0) is 6.18 Å². The smallest absolute Gasteiger partial charge is 0.258 e. The Kier molecular flexibility index (Phi) is 4.37. The molecular formula is C14H7F3N2O2S. The van der Waals surface area contributed by atoms with Gasteiger partial charge in [0.1, 0.15) is 5.56 Å². The number of nitro benzene ring substituents is 1. The first-order valence-electron chi connectivity index (χ1n) is 5.85. The summed E-state index contributed by atoms with van der Waals surface area (Å²) in [6.07, 6.45) is -4.80. The number of halogens is 3. The van der Waals surface area contributed by atoms with Crippen LogP contribution < -0.4 is 0 Å². The van der Waals surface area contributed by atoms with E-state index < -0.39 is 22.4 Å². The second-order valence-corrected chi connectivity index (χ2v) is 5.32. The highest BCUT2D eigenvalue weighted by Crippen LogP contribution is 2.39. The maximum atomic E-state index is 12.9. The van der Waals surface area contributed by atoms with Crippen LogP contribution in [0.15, 0.2) is 52.3 Å². The average molecular weight is 324 g/mol. The number of alkyl halides is 3. The Labute approximate surface area is 127 Å². The molecule has 0 unspecified atom stereocenters. The second kappa shape index (κ2) is 6.07. The quantitative estimate of drug-likeness (QED) is 0.609. The molecule has 0 heterocycles. The molecule has 2 aromatic rings. The maximum Gasteiger partial charge on any atom is 0.423 e. The zero-order chi connectivity index (χ0) is 16.3. The van der Waals surface area contributed by atoms with Crippen molar-refractivity contribution in [3.05, 3.63) is 63.7 Å². The molecule has 0 aromatic heterocycles. The molecule has 0 aliphatic carbocycles. The highest BCUT2D eigenvalue weighted by atomic mass is 32.2. The molecule has 0 saturated heterocycles. The molecule has 2 rings (SSSR count). The van der Waals surface area contributed by atoms with Crippen LogP contribution in [0.25, 0.3) is 0 Å². The number of nitrogens with zero attached hydrogens (tertiary/aromatic N) is 2. The van der Waals surface area contributed by atoms with Crippen LogP contribution in [0.2, 0.25) is 0 Å². The van der Waals surface area contributed by atoms with Crippen LogP contribution in [-0.4, -0.2) is 4.92 Å². The molecule has 0 atom stereocenters. The van der Waals surface area contributed by atoms with Crippen molar-refractivity contribution >= 4 is 17.4 Å². The fourth-order valence-corrected chi connectivity index (χ4v) is 2.56. The Hall–Kier alpha value is -2.53. The lowest BCUT2D eigenvalue weighted by Crippen LogP contribution is -2.08. The number of nitriles is 1. The van der Waals surface area contributed by atoms with Crippen LogP contribution in [0.5, 0.6) is 0 Å². The third-order valence-electron chi connectivity index (χ3n) is 2.69. The number of nitro groups is 1. The highest BCUT2D eigenvalue weighted by Gasteiger charge is 2.38. The summed E-state index contributed by atoms with van der Waals surface area (Å²) < 4.78 is 38.6. The van der Waals surface area contributed by atoms with Crippen molar-refractivity contribution in [2.75, 3.05) is 0 Å². The molecule has 22 heavy (non-hydrogen) atoms. The highest BCUT2D eigenvalue weighted by molar-refractivity contribution is 7.99. The average Bonchev–Trinajstić information content (AvgIpc) is 2.47. The van der Waals surface area contributed by atoms with Gasteiger partial charge in [0, 0.05) is 15.9 Å². The zero-order valence-electron chi connectivity index (χ0n) is 10.8. The summed E-state index contributed by atoms with van der Waals surface area (Å²) in [5.74, 6) is 0. The Morgan fingerprint density at radius 1 is 1.09 bits per heavy atom. The van der Waals surface area contributed by atoms with Gasteiger partial charge in [-0.15, -0.1) is 0 Å². The lowest BCUT2D eigenvalue weighted by molar-refractivity contribution is -0.388. The van der Waals surface area contributed by atoms with Gasteiger partial charge < -0.3 is 0 Å². The summed E-state index contributed by atoms with van der Waals surface area (Å²) in [6, 6.07) is 11.1. The van der Waals surface area contributed by atoms with Gasteiger partial charge in [-0.3, -0.25) is 10.1 Å². The summed E-state index contributed by atoms with van der Waals surface area (Å²) in [5, 5.41) is 19.4.